The summed E-state index contributed by atoms with van der Waals surface area (Å²) in [5, 5.41) is 3.43. The Balaban J connectivity index is 1.13. The fraction of sp³-hybridized carbons (Fsp3) is 0. The van der Waals surface area contributed by atoms with E-state index in [-0.39, 0.29) is 17.2 Å². The summed E-state index contributed by atoms with van der Waals surface area (Å²) < 4.78 is 49.3. The summed E-state index contributed by atoms with van der Waals surface area (Å²) in [6, 6.07) is 41.7. The van der Waals surface area contributed by atoms with Crippen molar-refractivity contribution in [3.05, 3.63) is 140 Å². The monoisotopic (exact) mass is 823 g/mol. The third-order valence-corrected chi connectivity index (χ3v) is 10.5. The molecule has 0 aliphatic heterocycles. The molecule has 0 aliphatic rings. The van der Waals surface area contributed by atoms with Gasteiger partial charge in [-0.2, -0.15) is 0 Å². The molecule has 5 aromatic carbocycles. The van der Waals surface area contributed by atoms with E-state index in [9.17, 15) is 18.6 Å². The highest BCUT2D eigenvalue weighted by Crippen LogP contribution is 2.37. The first kappa shape index (κ1) is 36.9. The molecule has 280 valence electrons. The minimum absolute atomic E-state index is 0.146. The van der Waals surface area contributed by atoms with Crippen molar-refractivity contribution >= 4 is 68.4 Å². The van der Waals surface area contributed by atoms with Crippen LogP contribution in [0.25, 0.3) is 88.6 Å². The summed E-state index contributed by atoms with van der Waals surface area (Å²) in [6.07, 6.45) is 0. The van der Waals surface area contributed by atoms with E-state index in [1.807, 2.05) is 78.9 Å². The first-order chi connectivity index (χ1) is 28.1. The van der Waals surface area contributed by atoms with Gasteiger partial charge in [-0.15, -0.1) is 14.7 Å². The van der Waals surface area contributed by atoms with Crippen molar-refractivity contribution in [1.29, 1.82) is 0 Å². The van der Waals surface area contributed by atoms with Crippen molar-refractivity contribution < 1.29 is 41.9 Å². The van der Waals surface area contributed by atoms with Crippen LogP contribution in [0.4, 0.5) is 0 Å². The molecule has 0 radical (unpaired) electrons. The second-order valence-electron chi connectivity index (χ2n) is 13.0. The fourth-order valence-electron chi connectivity index (χ4n) is 6.77. The molecular weight excluding hydrogens is 797 g/mol. The van der Waals surface area contributed by atoms with Crippen LogP contribution in [0, 0.1) is 0 Å². The Morgan fingerprint density at radius 2 is 0.603 bits per heavy atom. The highest BCUT2D eigenvalue weighted by molar-refractivity contribution is 7.33. The normalized spacial score (nSPS) is 12.2. The molecule has 0 fully saturated rings. The molecule has 9 aromatic rings. The van der Waals surface area contributed by atoms with Gasteiger partial charge in [0, 0.05) is 57.5 Å². The fourth-order valence-corrected chi connectivity index (χ4v) is 7.66. The number of hydrogen-bond acceptors (Lipinski definition) is 10. The van der Waals surface area contributed by atoms with E-state index in [2.05, 4.69) is 0 Å². The van der Waals surface area contributed by atoms with Crippen LogP contribution >= 0.6 is 24.8 Å². The van der Waals surface area contributed by atoms with E-state index in [1.165, 1.54) is 0 Å². The van der Waals surface area contributed by atoms with Crippen LogP contribution in [-0.4, -0.2) is 34.6 Å². The summed E-state index contributed by atoms with van der Waals surface area (Å²) in [6.45, 7) is 0. The molecule has 3 atom stereocenters. The minimum atomic E-state index is -2.99. The van der Waals surface area contributed by atoms with Crippen LogP contribution in [0.3, 0.4) is 0 Å². The van der Waals surface area contributed by atoms with Gasteiger partial charge in [-0.05, 0) is 91.0 Å². The number of rotatable bonds is 10. The van der Waals surface area contributed by atoms with Crippen LogP contribution < -0.4 is 13.6 Å². The lowest BCUT2D eigenvalue weighted by Gasteiger charge is -2.11. The van der Waals surface area contributed by atoms with Crippen molar-refractivity contribution in [2.45, 2.75) is 0 Å². The highest BCUT2D eigenvalue weighted by Gasteiger charge is 2.20. The topological polar surface area (TPSA) is 191 Å². The number of hydrogen-bond donors (Lipinski definition) is 3. The van der Waals surface area contributed by atoms with Crippen molar-refractivity contribution in [1.82, 2.24) is 19.9 Å². The lowest BCUT2D eigenvalue weighted by Crippen LogP contribution is -1.94. The molecular formula is C42H26N4O9P3+3. The maximum atomic E-state index is 12.0. The summed E-state index contributed by atoms with van der Waals surface area (Å²) in [7, 11) is -8.55. The predicted octanol–water partition coefficient (Wildman–Crippen LogP) is 10.6. The molecule has 9 rings (SSSR count). The van der Waals surface area contributed by atoms with Gasteiger partial charge in [0.05, 0.1) is 44.8 Å². The molecule has 4 aromatic heterocycles. The van der Waals surface area contributed by atoms with Gasteiger partial charge in [-0.1, -0.05) is 48.5 Å². The Labute approximate surface area is 331 Å². The molecule has 0 aliphatic carbocycles. The van der Waals surface area contributed by atoms with E-state index in [4.69, 9.17) is 43.3 Å². The third kappa shape index (κ3) is 7.57. The van der Waals surface area contributed by atoms with E-state index >= 15 is 0 Å². The molecule has 0 bridgehead atoms. The molecule has 0 saturated carbocycles. The molecule has 0 saturated heterocycles. The van der Waals surface area contributed by atoms with Crippen LogP contribution in [0.15, 0.2) is 140 Å². The summed E-state index contributed by atoms with van der Waals surface area (Å²) in [4.78, 5) is 48.0. The van der Waals surface area contributed by atoms with Gasteiger partial charge in [0.1, 0.15) is 0 Å². The number of benzene rings is 5. The van der Waals surface area contributed by atoms with E-state index < -0.39 is 24.8 Å². The maximum Gasteiger partial charge on any atom is 0.747 e. The Hall–Kier alpha value is -6.68. The first-order valence-corrected chi connectivity index (χ1v) is 20.8. The SMILES string of the molecule is O=[P+](O)Oc1ccc(-c2ccc3ccc4ccc(-c5cc(O[P+](=O)O)cc(-c6ccc7ccc8ccc(-c9ccc(O[P+](=O)O)cc9)nc8c7n6)c5)nc4c3n2)cc1. The van der Waals surface area contributed by atoms with E-state index in [0.29, 0.717) is 56.0 Å². The second-order valence-corrected chi connectivity index (χ2v) is 15.0. The Kier molecular flexibility index (Phi) is 9.77. The highest BCUT2D eigenvalue weighted by atomic mass is 31.1. The number of aromatic nitrogens is 4. The van der Waals surface area contributed by atoms with Crippen molar-refractivity contribution in [3.63, 3.8) is 0 Å². The summed E-state index contributed by atoms with van der Waals surface area (Å²) in [5.74, 6) is 0.665. The Morgan fingerprint density at radius 3 is 0.914 bits per heavy atom. The van der Waals surface area contributed by atoms with Crippen molar-refractivity contribution in [3.8, 4) is 62.3 Å². The Bertz CT molecular complexity index is 2950. The van der Waals surface area contributed by atoms with Gasteiger partial charge in [0.25, 0.3) is 0 Å². The second kappa shape index (κ2) is 15.3. The zero-order valence-electron chi connectivity index (χ0n) is 29.7. The van der Waals surface area contributed by atoms with Crippen LogP contribution in [0.1, 0.15) is 0 Å². The van der Waals surface area contributed by atoms with E-state index in [1.54, 1.807) is 60.7 Å². The smallest absolute Gasteiger partial charge is 0.245 e. The van der Waals surface area contributed by atoms with Gasteiger partial charge in [0.15, 0.2) is 17.2 Å². The molecule has 3 unspecified atom stereocenters. The molecule has 16 heteroatoms. The van der Waals surface area contributed by atoms with Crippen molar-refractivity contribution in [2.24, 2.45) is 0 Å². The van der Waals surface area contributed by atoms with Crippen LogP contribution in [0.2, 0.25) is 0 Å². The quantitative estimate of drug-likeness (QED) is 0.0873. The predicted molar refractivity (Wildman–Crippen MR) is 221 cm³/mol. The van der Waals surface area contributed by atoms with Crippen LogP contribution in [-0.2, 0) is 13.7 Å². The molecule has 0 amide bonds. The van der Waals surface area contributed by atoms with Crippen LogP contribution in [0.5, 0.6) is 17.2 Å². The lowest BCUT2D eigenvalue weighted by molar-refractivity contribution is 0.409. The van der Waals surface area contributed by atoms with Gasteiger partial charge in [-0.3, -0.25) is 0 Å². The van der Waals surface area contributed by atoms with E-state index in [0.717, 1.165) is 32.7 Å². The Morgan fingerprint density at radius 1 is 0.328 bits per heavy atom. The van der Waals surface area contributed by atoms with Gasteiger partial charge >= 0.3 is 24.8 Å². The van der Waals surface area contributed by atoms with Gasteiger partial charge < -0.3 is 0 Å². The standard InChI is InChI=1S/C42H23N4O9P3/c47-56(48)53-32-13-5-24(6-14-32)35-17-9-26-1-3-28-11-19-37(45-41(28)39(26)43-35)30-21-31(23-34(22-30)55-58(51)52)38-20-12-29-4-2-27-10-18-36(44-40(27)42(29)46-38)25-7-15-33(16-8-25)54-57(49)50/h1-23H/p+3. The average molecular weight is 824 g/mol. The zero-order valence-corrected chi connectivity index (χ0v) is 32.4. The molecule has 4 heterocycles. The maximum absolute atomic E-state index is 12.0. The first-order valence-electron chi connectivity index (χ1n) is 17.4. The number of pyridine rings is 4. The number of nitrogens with zero attached hydrogens (tertiary/aromatic N) is 4. The lowest BCUT2D eigenvalue weighted by atomic mass is 10.0. The summed E-state index contributed by atoms with van der Waals surface area (Å²) in [5.41, 5.74) is 7.80. The summed E-state index contributed by atoms with van der Waals surface area (Å²) >= 11 is 0. The molecule has 3 N–H and O–H groups in total. The molecule has 0 spiro atoms. The third-order valence-electron chi connectivity index (χ3n) is 9.39. The van der Waals surface area contributed by atoms with Crippen molar-refractivity contribution in [2.75, 3.05) is 0 Å². The number of fused-ring (bicyclic) bond motifs is 6. The minimum Gasteiger partial charge on any atom is -0.245 e. The average Bonchev–Trinajstić information content (AvgIpc) is 3.22. The largest absolute Gasteiger partial charge is 0.747 e. The zero-order chi connectivity index (χ0) is 39.9. The molecule has 13 nitrogen and oxygen atoms in total. The van der Waals surface area contributed by atoms with Gasteiger partial charge in [-0.25, -0.2) is 33.5 Å². The molecule has 58 heavy (non-hydrogen) atoms. The van der Waals surface area contributed by atoms with Gasteiger partial charge in [0.2, 0.25) is 0 Å².